The molecule has 0 aliphatic carbocycles. The number of carboxylic acids is 1. The molecule has 0 aromatic carbocycles. The smallest absolute Gasteiger partial charge is 0.306 e. The van der Waals surface area contributed by atoms with Crippen molar-refractivity contribution in [1.82, 2.24) is 10.6 Å². The number of rotatable bonds is 27. The fraction of sp³-hybridized carbons (Fsp3) is 0.889. The molecule has 0 radical (unpaired) electrons. The maximum atomic E-state index is 12.9. The summed E-state index contributed by atoms with van der Waals surface area (Å²) in [7, 11) is 0. The summed E-state index contributed by atoms with van der Waals surface area (Å²) in [5.41, 5.74) is -0.597. The van der Waals surface area contributed by atoms with Crippen LogP contribution < -0.4 is 10.6 Å². The molecule has 1 amide bonds. The van der Waals surface area contributed by atoms with Crippen LogP contribution in [0.15, 0.2) is 0 Å². The fourth-order valence-electron chi connectivity index (χ4n) is 5.44. The van der Waals surface area contributed by atoms with E-state index in [4.69, 9.17) is 0 Å². The zero-order valence-electron chi connectivity index (χ0n) is 29.1. The number of nitrogens with one attached hydrogen (secondary N) is 2. The van der Waals surface area contributed by atoms with E-state index >= 15 is 0 Å². The van der Waals surface area contributed by atoms with E-state index in [2.05, 4.69) is 17.6 Å². The van der Waals surface area contributed by atoms with Crippen molar-refractivity contribution in [2.24, 2.45) is 11.3 Å². The van der Waals surface area contributed by atoms with Crippen molar-refractivity contribution in [3.63, 3.8) is 0 Å². The molecule has 0 aliphatic heterocycles. The highest BCUT2D eigenvalue weighted by molar-refractivity contribution is 5.88. The van der Waals surface area contributed by atoms with Crippen molar-refractivity contribution in [3.8, 4) is 0 Å². The summed E-state index contributed by atoms with van der Waals surface area (Å²) in [6.07, 6.45) is 19.1. The van der Waals surface area contributed by atoms with E-state index in [9.17, 15) is 24.3 Å². The molecule has 2 unspecified atom stereocenters. The Bertz CT molecular complexity index is 781. The van der Waals surface area contributed by atoms with E-state index in [1.807, 2.05) is 41.5 Å². The molecule has 0 spiro atoms. The molecule has 0 bridgehead atoms. The first-order valence-electron chi connectivity index (χ1n) is 17.5. The molecule has 7 nitrogen and oxygen atoms in total. The van der Waals surface area contributed by atoms with Crippen molar-refractivity contribution in [2.75, 3.05) is 6.54 Å². The standard InChI is InChI=1S/C36H68N2O5/c1-8-9-10-11-12-13-14-15-16-17-18-19-20-23-30(39)28-29(34(42)43)25-26-32(40)37-27-22-21-24-31(38-36(5,6)7)33(41)35(2,3)4/h29,31,38H,8-28H2,1-7H3,(H,37,40)(H,42,43). The molecule has 0 rings (SSSR count). The van der Waals surface area contributed by atoms with Crippen LogP contribution in [0.3, 0.4) is 0 Å². The third-order valence-corrected chi connectivity index (χ3v) is 8.01. The highest BCUT2D eigenvalue weighted by atomic mass is 16.4. The maximum Gasteiger partial charge on any atom is 0.306 e. The Balaban J connectivity index is 4.10. The van der Waals surface area contributed by atoms with Gasteiger partial charge in [-0.3, -0.25) is 19.2 Å². The van der Waals surface area contributed by atoms with Gasteiger partial charge in [0.2, 0.25) is 5.91 Å². The van der Waals surface area contributed by atoms with E-state index in [0.29, 0.717) is 19.4 Å². The lowest BCUT2D eigenvalue weighted by Crippen LogP contribution is -2.50. The van der Waals surface area contributed by atoms with Crippen LogP contribution in [-0.2, 0) is 19.2 Å². The van der Waals surface area contributed by atoms with E-state index in [-0.39, 0.29) is 48.3 Å². The molecule has 2 atom stereocenters. The topological polar surface area (TPSA) is 113 Å². The molecule has 0 heterocycles. The van der Waals surface area contributed by atoms with Gasteiger partial charge in [0.25, 0.3) is 0 Å². The summed E-state index contributed by atoms with van der Waals surface area (Å²) in [5, 5.41) is 15.9. The largest absolute Gasteiger partial charge is 0.481 e. The number of ketones is 2. The third-order valence-electron chi connectivity index (χ3n) is 8.01. The average molecular weight is 609 g/mol. The van der Waals surface area contributed by atoms with Crippen molar-refractivity contribution in [2.45, 2.75) is 188 Å². The molecule has 0 fully saturated rings. The highest BCUT2D eigenvalue weighted by Crippen LogP contribution is 2.21. The normalized spacial score (nSPS) is 13.5. The molecule has 0 saturated carbocycles. The van der Waals surface area contributed by atoms with Gasteiger partial charge in [-0.05, 0) is 52.9 Å². The van der Waals surface area contributed by atoms with Gasteiger partial charge in [-0.25, -0.2) is 0 Å². The molecule has 43 heavy (non-hydrogen) atoms. The quantitative estimate of drug-likeness (QED) is 0.0805. The van der Waals surface area contributed by atoms with E-state index in [0.717, 1.165) is 32.1 Å². The lowest BCUT2D eigenvalue weighted by atomic mass is 9.84. The zero-order valence-corrected chi connectivity index (χ0v) is 29.1. The lowest BCUT2D eigenvalue weighted by molar-refractivity contribution is -0.144. The summed E-state index contributed by atoms with van der Waals surface area (Å²) in [4.78, 5) is 49.3. The summed E-state index contributed by atoms with van der Waals surface area (Å²) in [6.45, 7) is 14.7. The maximum absolute atomic E-state index is 12.9. The molecule has 0 aromatic rings. The van der Waals surface area contributed by atoms with Crippen molar-refractivity contribution in [1.29, 1.82) is 0 Å². The van der Waals surface area contributed by atoms with Gasteiger partial charge in [0.15, 0.2) is 5.78 Å². The first kappa shape index (κ1) is 41.2. The Morgan fingerprint density at radius 1 is 0.651 bits per heavy atom. The summed E-state index contributed by atoms with van der Waals surface area (Å²) >= 11 is 0. The van der Waals surface area contributed by atoms with Gasteiger partial charge in [0.1, 0.15) is 5.78 Å². The monoisotopic (exact) mass is 609 g/mol. The highest BCUT2D eigenvalue weighted by Gasteiger charge is 2.31. The number of carbonyl (C=O) groups is 4. The van der Waals surface area contributed by atoms with E-state index in [1.54, 1.807) is 0 Å². The first-order valence-corrected chi connectivity index (χ1v) is 17.5. The Hall–Kier alpha value is -1.76. The zero-order chi connectivity index (χ0) is 32.7. The number of carbonyl (C=O) groups excluding carboxylic acids is 3. The Morgan fingerprint density at radius 3 is 1.63 bits per heavy atom. The van der Waals surface area contributed by atoms with Crippen LogP contribution in [0.25, 0.3) is 0 Å². The van der Waals surface area contributed by atoms with Gasteiger partial charge in [-0.2, -0.15) is 0 Å². The second-order valence-corrected chi connectivity index (χ2v) is 14.7. The number of unbranched alkanes of at least 4 members (excludes halogenated alkanes) is 13. The van der Waals surface area contributed by atoms with Crippen LogP contribution in [0, 0.1) is 11.3 Å². The van der Waals surface area contributed by atoms with Crippen LogP contribution >= 0.6 is 0 Å². The number of hydrogen-bond donors (Lipinski definition) is 3. The minimum Gasteiger partial charge on any atom is -0.481 e. The Kier molecular flexibility index (Phi) is 22.6. The van der Waals surface area contributed by atoms with Gasteiger partial charge >= 0.3 is 5.97 Å². The van der Waals surface area contributed by atoms with Crippen LogP contribution in [-0.4, -0.2) is 46.7 Å². The second-order valence-electron chi connectivity index (χ2n) is 14.7. The van der Waals surface area contributed by atoms with Gasteiger partial charge in [0.05, 0.1) is 12.0 Å². The minimum atomic E-state index is -1.01. The number of hydrogen-bond acceptors (Lipinski definition) is 5. The van der Waals surface area contributed by atoms with Gasteiger partial charge < -0.3 is 15.7 Å². The molecular formula is C36H68N2O5. The van der Waals surface area contributed by atoms with Crippen LogP contribution in [0.5, 0.6) is 0 Å². The molecule has 7 heteroatoms. The molecule has 3 N–H and O–H groups in total. The Labute approximate surface area is 264 Å². The van der Waals surface area contributed by atoms with Crippen molar-refractivity contribution < 1.29 is 24.3 Å². The molecular weight excluding hydrogens is 540 g/mol. The summed E-state index contributed by atoms with van der Waals surface area (Å²) in [5.74, 6) is -1.83. The van der Waals surface area contributed by atoms with Crippen LogP contribution in [0.2, 0.25) is 0 Å². The molecule has 252 valence electrons. The number of carboxylic acid groups (broad SMARTS) is 1. The predicted molar refractivity (Wildman–Crippen MR) is 178 cm³/mol. The Morgan fingerprint density at radius 2 is 1.16 bits per heavy atom. The third kappa shape index (κ3) is 24.3. The predicted octanol–water partition coefficient (Wildman–Crippen LogP) is 8.57. The molecule has 0 aliphatic rings. The average Bonchev–Trinajstić information content (AvgIpc) is 2.90. The number of aliphatic carboxylic acids is 1. The van der Waals surface area contributed by atoms with Crippen molar-refractivity contribution >= 4 is 23.4 Å². The van der Waals surface area contributed by atoms with Gasteiger partial charge in [-0.15, -0.1) is 0 Å². The first-order chi connectivity index (χ1) is 20.2. The van der Waals surface area contributed by atoms with E-state index in [1.165, 1.54) is 64.2 Å². The number of amides is 1. The van der Waals surface area contributed by atoms with Gasteiger partial charge in [0, 0.05) is 36.8 Å². The summed E-state index contributed by atoms with van der Waals surface area (Å²) < 4.78 is 0. The van der Waals surface area contributed by atoms with Crippen molar-refractivity contribution in [3.05, 3.63) is 0 Å². The fourth-order valence-corrected chi connectivity index (χ4v) is 5.44. The summed E-state index contributed by atoms with van der Waals surface area (Å²) in [6, 6.07) is -0.232. The van der Waals surface area contributed by atoms with E-state index < -0.39 is 17.3 Å². The molecule has 0 aromatic heterocycles. The minimum absolute atomic E-state index is 0.00480. The molecule has 0 saturated heterocycles. The SMILES string of the molecule is CCCCCCCCCCCCCCCC(=O)CC(CCC(=O)NCCCCC(NC(C)(C)C)C(=O)C(C)(C)C)C(=O)O. The van der Waals surface area contributed by atoms with Gasteiger partial charge in [-0.1, -0.05) is 105 Å². The second kappa shape index (κ2) is 23.6. The van der Waals surface area contributed by atoms with Crippen LogP contribution in [0.1, 0.15) is 177 Å². The van der Waals surface area contributed by atoms with Crippen LogP contribution in [0.4, 0.5) is 0 Å². The number of Topliss-reactive ketones (excluding diaryl/α,β-unsaturated/α-hetero) is 2. The lowest BCUT2D eigenvalue weighted by Gasteiger charge is -2.31.